The zero-order valence-corrected chi connectivity index (χ0v) is 13.0. The number of anilines is 1. The van der Waals surface area contributed by atoms with Crippen LogP contribution in [0.2, 0.25) is 0 Å². The average Bonchev–Trinajstić information content (AvgIpc) is 2.46. The van der Waals surface area contributed by atoms with E-state index in [-0.39, 0.29) is 0 Å². The summed E-state index contributed by atoms with van der Waals surface area (Å²) in [6, 6.07) is 13.7. The second kappa shape index (κ2) is 6.68. The van der Waals surface area contributed by atoms with Crippen LogP contribution in [-0.2, 0) is 10.5 Å². The number of carbonyl (C=O) groups is 1. The standard InChI is InChI=1S/C17H19NO2S/c1-11-9-15(18)7-8-16(11)21-10-13-3-5-14(6-4-13)12(2)17(19)20/h3-9,12H,10,18H2,1-2H3,(H,19,20). The smallest absolute Gasteiger partial charge is 0.310 e. The summed E-state index contributed by atoms with van der Waals surface area (Å²) >= 11 is 1.76. The number of thioether (sulfide) groups is 1. The first kappa shape index (κ1) is 15.4. The van der Waals surface area contributed by atoms with Gasteiger partial charge in [-0.05, 0) is 48.7 Å². The fourth-order valence-corrected chi connectivity index (χ4v) is 3.01. The number of hydrogen-bond acceptors (Lipinski definition) is 3. The van der Waals surface area contributed by atoms with Crippen molar-refractivity contribution in [3.05, 3.63) is 59.2 Å². The largest absolute Gasteiger partial charge is 0.481 e. The van der Waals surface area contributed by atoms with Gasteiger partial charge in [-0.15, -0.1) is 11.8 Å². The van der Waals surface area contributed by atoms with Gasteiger partial charge in [0.15, 0.2) is 0 Å². The normalized spacial score (nSPS) is 12.1. The van der Waals surface area contributed by atoms with Gasteiger partial charge in [0.1, 0.15) is 0 Å². The highest BCUT2D eigenvalue weighted by molar-refractivity contribution is 7.98. The molecular weight excluding hydrogens is 282 g/mol. The Morgan fingerprint density at radius 1 is 1.24 bits per heavy atom. The van der Waals surface area contributed by atoms with E-state index in [9.17, 15) is 4.79 Å². The minimum atomic E-state index is -0.797. The molecule has 0 heterocycles. The Bertz CT molecular complexity index is 638. The predicted molar refractivity (Wildman–Crippen MR) is 87.6 cm³/mol. The topological polar surface area (TPSA) is 63.3 Å². The van der Waals surface area contributed by atoms with Crippen molar-refractivity contribution in [2.45, 2.75) is 30.4 Å². The number of nitrogen functional groups attached to an aromatic ring is 1. The molecule has 0 saturated heterocycles. The minimum absolute atomic E-state index is 0.467. The molecule has 1 unspecified atom stereocenters. The lowest BCUT2D eigenvalue weighted by molar-refractivity contribution is -0.138. The van der Waals surface area contributed by atoms with Crippen LogP contribution in [0.4, 0.5) is 5.69 Å². The quantitative estimate of drug-likeness (QED) is 0.646. The highest BCUT2D eigenvalue weighted by atomic mass is 32.2. The monoisotopic (exact) mass is 301 g/mol. The number of aryl methyl sites for hydroxylation is 1. The Balaban J connectivity index is 2.02. The molecule has 0 fully saturated rings. The number of nitrogens with two attached hydrogens (primary N) is 1. The third-order valence-corrected chi connectivity index (χ3v) is 4.69. The van der Waals surface area contributed by atoms with Crippen molar-refractivity contribution < 1.29 is 9.90 Å². The second-order valence-electron chi connectivity index (χ2n) is 5.12. The van der Waals surface area contributed by atoms with Crippen molar-refractivity contribution in [3.63, 3.8) is 0 Å². The molecule has 3 N–H and O–H groups in total. The molecule has 0 bridgehead atoms. The highest BCUT2D eigenvalue weighted by Gasteiger charge is 2.12. The van der Waals surface area contributed by atoms with Gasteiger partial charge >= 0.3 is 5.97 Å². The average molecular weight is 301 g/mol. The zero-order valence-electron chi connectivity index (χ0n) is 12.2. The Kier molecular flexibility index (Phi) is 4.91. The van der Waals surface area contributed by atoms with Gasteiger partial charge in [0, 0.05) is 16.3 Å². The van der Waals surface area contributed by atoms with E-state index in [2.05, 4.69) is 6.92 Å². The molecule has 0 radical (unpaired) electrons. The number of carboxylic acids is 1. The number of aliphatic carboxylic acids is 1. The van der Waals surface area contributed by atoms with Crippen LogP contribution < -0.4 is 5.73 Å². The van der Waals surface area contributed by atoms with Crippen LogP contribution in [0.3, 0.4) is 0 Å². The molecule has 0 spiro atoms. The second-order valence-corrected chi connectivity index (χ2v) is 6.13. The fourth-order valence-electron chi connectivity index (χ4n) is 2.04. The minimum Gasteiger partial charge on any atom is -0.481 e. The van der Waals surface area contributed by atoms with Gasteiger partial charge in [-0.25, -0.2) is 0 Å². The third-order valence-electron chi connectivity index (χ3n) is 3.44. The molecule has 0 aliphatic heterocycles. The van der Waals surface area contributed by atoms with Gasteiger partial charge in [0.2, 0.25) is 0 Å². The molecule has 0 aliphatic carbocycles. The summed E-state index contributed by atoms with van der Waals surface area (Å²) in [6.45, 7) is 3.75. The lowest BCUT2D eigenvalue weighted by Gasteiger charge is -2.09. The van der Waals surface area contributed by atoms with Crippen molar-refractivity contribution in [1.29, 1.82) is 0 Å². The van der Waals surface area contributed by atoms with Crippen LogP contribution in [-0.4, -0.2) is 11.1 Å². The first-order valence-electron chi connectivity index (χ1n) is 6.78. The van der Waals surface area contributed by atoms with Gasteiger partial charge in [-0.1, -0.05) is 24.3 Å². The van der Waals surface area contributed by atoms with Crippen LogP contribution in [0.1, 0.15) is 29.5 Å². The van der Waals surface area contributed by atoms with E-state index >= 15 is 0 Å². The SMILES string of the molecule is Cc1cc(N)ccc1SCc1ccc(C(C)C(=O)O)cc1. The summed E-state index contributed by atoms with van der Waals surface area (Å²) in [5, 5.41) is 9.00. The molecule has 1 atom stereocenters. The van der Waals surface area contributed by atoms with E-state index in [1.165, 1.54) is 16.0 Å². The van der Waals surface area contributed by atoms with E-state index in [1.807, 2.05) is 42.5 Å². The van der Waals surface area contributed by atoms with Crippen molar-refractivity contribution in [2.24, 2.45) is 0 Å². The Hall–Kier alpha value is -1.94. The lowest BCUT2D eigenvalue weighted by atomic mass is 10.0. The summed E-state index contributed by atoms with van der Waals surface area (Å²) < 4.78 is 0. The first-order valence-corrected chi connectivity index (χ1v) is 7.76. The van der Waals surface area contributed by atoms with E-state index in [4.69, 9.17) is 10.8 Å². The van der Waals surface area contributed by atoms with E-state index in [0.717, 1.165) is 17.0 Å². The molecule has 21 heavy (non-hydrogen) atoms. The zero-order chi connectivity index (χ0) is 15.4. The van der Waals surface area contributed by atoms with Crippen molar-refractivity contribution in [2.75, 3.05) is 5.73 Å². The Morgan fingerprint density at radius 3 is 2.48 bits per heavy atom. The van der Waals surface area contributed by atoms with Gasteiger partial charge < -0.3 is 10.8 Å². The molecule has 0 aromatic heterocycles. The van der Waals surface area contributed by atoms with Crippen molar-refractivity contribution >= 4 is 23.4 Å². The Labute approximate surface area is 129 Å². The highest BCUT2D eigenvalue weighted by Crippen LogP contribution is 2.28. The molecule has 110 valence electrons. The van der Waals surface area contributed by atoms with Gasteiger partial charge in [-0.3, -0.25) is 4.79 Å². The van der Waals surface area contributed by atoms with E-state index < -0.39 is 11.9 Å². The van der Waals surface area contributed by atoms with Gasteiger partial charge in [0.25, 0.3) is 0 Å². The molecule has 0 aliphatic rings. The maximum absolute atomic E-state index is 10.9. The van der Waals surface area contributed by atoms with Gasteiger partial charge in [0.05, 0.1) is 5.92 Å². The maximum atomic E-state index is 10.9. The summed E-state index contributed by atoms with van der Waals surface area (Å²) in [6.07, 6.45) is 0. The fraction of sp³-hybridized carbons (Fsp3) is 0.235. The lowest BCUT2D eigenvalue weighted by Crippen LogP contribution is -2.07. The van der Waals surface area contributed by atoms with Crippen LogP contribution in [0.15, 0.2) is 47.4 Å². The number of benzene rings is 2. The van der Waals surface area contributed by atoms with Crippen LogP contribution in [0, 0.1) is 6.92 Å². The Morgan fingerprint density at radius 2 is 1.90 bits per heavy atom. The van der Waals surface area contributed by atoms with E-state index in [1.54, 1.807) is 18.7 Å². The summed E-state index contributed by atoms with van der Waals surface area (Å²) in [4.78, 5) is 12.2. The number of rotatable bonds is 5. The van der Waals surface area contributed by atoms with E-state index in [0.29, 0.717) is 0 Å². The summed E-state index contributed by atoms with van der Waals surface area (Å²) in [5.74, 6) is -0.410. The molecule has 2 aromatic carbocycles. The molecule has 4 heteroatoms. The number of carboxylic acid groups (broad SMARTS) is 1. The molecule has 3 nitrogen and oxygen atoms in total. The third kappa shape index (κ3) is 4.02. The van der Waals surface area contributed by atoms with Crippen LogP contribution in [0.5, 0.6) is 0 Å². The molecule has 2 aromatic rings. The molecule has 0 saturated carbocycles. The molecule has 2 rings (SSSR count). The van der Waals surface area contributed by atoms with Crippen LogP contribution >= 0.6 is 11.8 Å². The van der Waals surface area contributed by atoms with Gasteiger partial charge in [-0.2, -0.15) is 0 Å². The van der Waals surface area contributed by atoms with Crippen LogP contribution in [0.25, 0.3) is 0 Å². The summed E-state index contributed by atoms with van der Waals surface area (Å²) in [7, 11) is 0. The van der Waals surface area contributed by atoms with Crippen molar-refractivity contribution in [1.82, 2.24) is 0 Å². The molecule has 0 amide bonds. The summed E-state index contributed by atoms with van der Waals surface area (Å²) in [5.41, 5.74) is 9.72. The first-order chi connectivity index (χ1) is 9.97. The predicted octanol–water partition coefficient (Wildman–Crippen LogP) is 4.06. The number of hydrogen-bond donors (Lipinski definition) is 2. The maximum Gasteiger partial charge on any atom is 0.310 e. The molecular formula is C17H19NO2S. The van der Waals surface area contributed by atoms with Crippen molar-refractivity contribution in [3.8, 4) is 0 Å².